The Morgan fingerprint density at radius 2 is 1.64 bits per heavy atom. The number of sulfonamides is 1. The van der Waals surface area contributed by atoms with Gasteiger partial charge in [-0.25, -0.2) is 8.42 Å². The molecule has 1 atom stereocenters. The summed E-state index contributed by atoms with van der Waals surface area (Å²) < 4.78 is 27.5. The zero-order chi connectivity index (χ0) is 28.4. The number of benzene rings is 3. The first-order valence-electron chi connectivity index (χ1n) is 12.7. The van der Waals surface area contributed by atoms with E-state index in [9.17, 15) is 18.0 Å². The maximum Gasteiger partial charge on any atom is 0.244 e. The Kier molecular flexibility index (Phi) is 11.4. The summed E-state index contributed by atoms with van der Waals surface area (Å²) in [6.07, 6.45) is 3.01. The molecule has 0 aliphatic heterocycles. The highest BCUT2D eigenvalue weighted by Gasteiger charge is 2.33. The summed E-state index contributed by atoms with van der Waals surface area (Å²) in [6.45, 7) is 2.11. The third-order valence-corrected chi connectivity index (χ3v) is 8.08. The highest BCUT2D eigenvalue weighted by molar-refractivity contribution is 9.10. The fraction of sp³-hybridized carbons (Fsp3) is 0.310. The third kappa shape index (κ3) is 9.08. The quantitative estimate of drug-likeness (QED) is 0.254. The first-order valence-corrected chi connectivity index (χ1v) is 15.7. The molecule has 0 unspecified atom stereocenters. The lowest BCUT2D eigenvalue weighted by Gasteiger charge is -2.33. The summed E-state index contributed by atoms with van der Waals surface area (Å²) in [5.41, 5.74) is 1.87. The summed E-state index contributed by atoms with van der Waals surface area (Å²) in [5, 5.41) is 3.17. The van der Waals surface area contributed by atoms with Gasteiger partial charge in [0.2, 0.25) is 21.8 Å². The van der Waals surface area contributed by atoms with E-state index >= 15 is 0 Å². The summed E-state index contributed by atoms with van der Waals surface area (Å²) >= 11 is 9.80. The van der Waals surface area contributed by atoms with Crippen LogP contribution in [0.5, 0.6) is 0 Å². The van der Waals surface area contributed by atoms with Gasteiger partial charge in [-0.05, 0) is 41.8 Å². The molecule has 0 spiro atoms. The number of carbonyl (C=O) groups is 2. The maximum atomic E-state index is 14.0. The molecule has 3 rings (SSSR count). The smallest absolute Gasteiger partial charge is 0.244 e. The van der Waals surface area contributed by atoms with Gasteiger partial charge < -0.3 is 10.2 Å². The predicted octanol–water partition coefficient (Wildman–Crippen LogP) is 5.42. The van der Waals surface area contributed by atoms with Gasteiger partial charge in [-0.2, -0.15) is 0 Å². The molecule has 2 amide bonds. The van der Waals surface area contributed by atoms with Crippen molar-refractivity contribution >= 4 is 55.1 Å². The average Bonchev–Trinajstić information content (AvgIpc) is 2.90. The van der Waals surface area contributed by atoms with Crippen LogP contribution >= 0.6 is 27.5 Å². The minimum atomic E-state index is -3.88. The number of halogens is 2. The van der Waals surface area contributed by atoms with E-state index in [-0.39, 0.29) is 29.6 Å². The number of unbranched alkanes of at least 4 members (excludes halogenated alkanes) is 1. The molecule has 0 aromatic heterocycles. The lowest BCUT2D eigenvalue weighted by Crippen LogP contribution is -2.53. The molecule has 39 heavy (non-hydrogen) atoms. The van der Waals surface area contributed by atoms with Crippen LogP contribution in [-0.4, -0.2) is 50.5 Å². The Bertz CT molecular complexity index is 1370. The van der Waals surface area contributed by atoms with E-state index in [2.05, 4.69) is 21.2 Å². The van der Waals surface area contributed by atoms with E-state index < -0.39 is 28.5 Å². The van der Waals surface area contributed by atoms with Gasteiger partial charge in [-0.15, -0.1) is 0 Å². The van der Waals surface area contributed by atoms with Crippen LogP contribution in [0, 0.1) is 0 Å². The molecule has 208 valence electrons. The van der Waals surface area contributed by atoms with Crippen LogP contribution in [0.15, 0.2) is 83.3 Å². The normalized spacial score (nSPS) is 12.0. The number of para-hydroxylation sites is 1. The van der Waals surface area contributed by atoms with Crippen LogP contribution in [0.1, 0.15) is 30.9 Å². The highest BCUT2D eigenvalue weighted by atomic mass is 79.9. The van der Waals surface area contributed by atoms with Gasteiger partial charge in [-0.3, -0.25) is 13.9 Å². The molecule has 0 radical (unpaired) electrons. The van der Waals surface area contributed by atoms with Crippen LogP contribution in [0.3, 0.4) is 0 Å². The first kappa shape index (κ1) is 30.7. The third-order valence-electron chi connectivity index (χ3n) is 6.14. The minimum absolute atomic E-state index is 0.108. The second-order valence-corrected chi connectivity index (χ2v) is 12.5. The topological polar surface area (TPSA) is 86.8 Å². The number of anilines is 1. The number of amides is 2. The molecule has 0 saturated heterocycles. The van der Waals surface area contributed by atoms with Crippen molar-refractivity contribution in [3.8, 4) is 0 Å². The average molecular weight is 635 g/mol. The molecule has 0 saturated carbocycles. The Morgan fingerprint density at radius 1 is 0.974 bits per heavy atom. The van der Waals surface area contributed by atoms with Crippen LogP contribution in [0.4, 0.5) is 5.69 Å². The Labute approximate surface area is 244 Å². The second kappa shape index (κ2) is 14.5. The molecule has 0 aliphatic carbocycles. The van der Waals surface area contributed by atoms with E-state index in [1.165, 1.54) is 4.90 Å². The molecule has 7 nitrogen and oxygen atoms in total. The van der Waals surface area contributed by atoms with E-state index in [0.29, 0.717) is 6.54 Å². The number of nitrogens with one attached hydrogen (secondary N) is 1. The van der Waals surface area contributed by atoms with Crippen molar-refractivity contribution in [3.63, 3.8) is 0 Å². The van der Waals surface area contributed by atoms with Gasteiger partial charge in [-0.1, -0.05) is 95.5 Å². The standard InChI is InChI=1S/C29H33BrClN3O4S/c1-3-4-17-32-29(36)27(19-22-11-6-5-7-12-22)33(20-23-13-10-14-24(30)18-23)28(35)21-34(39(2,37)38)26-16-9-8-15-25(26)31/h5-16,18,27H,3-4,17,19-21H2,1-2H3,(H,32,36)/t27-/m1/s1. The summed E-state index contributed by atoms with van der Waals surface area (Å²) in [5.74, 6) is -0.814. The Hall–Kier alpha value is -2.88. The SMILES string of the molecule is CCCCNC(=O)[C@@H](Cc1ccccc1)N(Cc1cccc(Br)c1)C(=O)CN(c1ccccc1Cl)S(C)(=O)=O. The molecule has 0 bridgehead atoms. The predicted molar refractivity (Wildman–Crippen MR) is 160 cm³/mol. The van der Waals surface area contributed by atoms with Gasteiger partial charge in [0.05, 0.1) is 17.0 Å². The van der Waals surface area contributed by atoms with Gasteiger partial charge in [0.1, 0.15) is 12.6 Å². The van der Waals surface area contributed by atoms with Crippen LogP contribution in [-0.2, 0) is 32.6 Å². The number of carbonyl (C=O) groups excluding carboxylic acids is 2. The van der Waals surface area contributed by atoms with Gasteiger partial charge in [0.15, 0.2) is 0 Å². The molecule has 0 aliphatic rings. The molecule has 0 heterocycles. The number of nitrogens with zero attached hydrogens (tertiary/aromatic N) is 2. The molecular weight excluding hydrogens is 602 g/mol. The van der Waals surface area contributed by atoms with Crippen molar-refractivity contribution < 1.29 is 18.0 Å². The second-order valence-electron chi connectivity index (χ2n) is 9.22. The van der Waals surface area contributed by atoms with Gasteiger partial charge in [0.25, 0.3) is 0 Å². The van der Waals surface area contributed by atoms with Crippen LogP contribution < -0.4 is 9.62 Å². The molecule has 1 N–H and O–H groups in total. The van der Waals surface area contributed by atoms with E-state index in [0.717, 1.165) is 39.0 Å². The molecule has 0 fully saturated rings. The fourth-order valence-electron chi connectivity index (χ4n) is 4.14. The Morgan fingerprint density at radius 3 is 2.28 bits per heavy atom. The zero-order valence-electron chi connectivity index (χ0n) is 22.0. The molecule has 3 aromatic rings. The fourth-order valence-corrected chi connectivity index (χ4v) is 5.74. The minimum Gasteiger partial charge on any atom is -0.354 e. The van der Waals surface area contributed by atoms with Crippen molar-refractivity contribution in [2.45, 2.75) is 38.8 Å². The van der Waals surface area contributed by atoms with Crippen LogP contribution in [0.25, 0.3) is 0 Å². The Balaban J connectivity index is 2.04. The zero-order valence-corrected chi connectivity index (χ0v) is 25.2. The monoisotopic (exact) mass is 633 g/mol. The van der Waals surface area contributed by atoms with E-state index in [1.807, 2.05) is 61.5 Å². The van der Waals surface area contributed by atoms with Crippen molar-refractivity contribution in [2.75, 3.05) is 23.7 Å². The first-order chi connectivity index (χ1) is 18.6. The van der Waals surface area contributed by atoms with Crippen molar-refractivity contribution in [2.24, 2.45) is 0 Å². The summed E-state index contributed by atoms with van der Waals surface area (Å²) in [7, 11) is -3.88. The number of hydrogen-bond acceptors (Lipinski definition) is 4. The summed E-state index contributed by atoms with van der Waals surface area (Å²) in [4.78, 5) is 29.1. The van der Waals surface area contributed by atoms with Crippen molar-refractivity contribution in [1.29, 1.82) is 0 Å². The number of rotatable bonds is 13. The van der Waals surface area contributed by atoms with Crippen molar-refractivity contribution in [3.05, 3.63) is 99.5 Å². The van der Waals surface area contributed by atoms with Gasteiger partial charge in [0, 0.05) is 24.0 Å². The summed E-state index contributed by atoms with van der Waals surface area (Å²) in [6, 6.07) is 22.5. The molecule has 3 aromatic carbocycles. The van der Waals surface area contributed by atoms with Crippen LogP contribution in [0.2, 0.25) is 5.02 Å². The van der Waals surface area contributed by atoms with E-state index in [4.69, 9.17) is 11.6 Å². The maximum absolute atomic E-state index is 14.0. The molecular formula is C29H33BrClN3O4S. The van der Waals surface area contributed by atoms with E-state index in [1.54, 1.807) is 24.3 Å². The largest absolute Gasteiger partial charge is 0.354 e. The lowest BCUT2D eigenvalue weighted by atomic mass is 10.0. The van der Waals surface area contributed by atoms with Gasteiger partial charge >= 0.3 is 0 Å². The highest BCUT2D eigenvalue weighted by Crippen LogP contribution is 2.28. The van der Waals surface area contributed by atoms with Crippen molar-refractivity contribution in [1.82, 2.24) is 10.2 Å². The lowest BCUT2D eigenvalue weighted by molar-refractivity contribution is -0.140. The number of hydrogen-bond donors (Lipinski definition) is 1. The molecule has 10 heteroatoms.